The van der Waals surface area contributed by atoms with Gasteiger partial charge in [0.1, 0.15) is 0 Å². The Morgan fingerprint density at radius 2 is 2.44 bits per heavy atom. The van der Waals surface area contributed by atoms with Crippen molar-refractivity contribution < 1.29 is 62.9 Å². The molecule has 0 aromatic carbocycles. The number of pyridine rings is 1. The molecule has 0 aliphatic heterocycles. The van der Waals surface area contributed by atoms with Crippen LogP contribution in [-0.4, -0.2) is 12.1 Å². The van der Waals surface area contributed by atoms with Crippen LogP contribution in [0.15, 0.2) is 18.3 Å². The molecule has 3 heteroatoms. The Bertz CT molecular complexity index is 154. The molecule has 9 heavy (non-hydrogen) atoms. The SMILES string of the molecule is COc1c[c-]ncc1.[Rb+]. The zero-order valence-corrected chi connectivity index (χ0v) is 10.5. The molecule has 1 rings (SSSR count). The van der Waals surface area contributed by atoms with E-state index in [1.54, 1.807) is 25.4 Å². The van der Waals surface area contributed by atoms with Crippen LogP contribution in [0.2, 0.25) is 0 Å². The van der Waals surface area contributed by atoms with Gasteiger partial charge < -0.3 is 9.72 Å². The molecule has 0 amide bonds. The third kappa shape index (κ3) is 3.45. The maximum absolute atomic E-state index is 4.84. The van der Waals surface area contributed by atoms with Gasteiger partial charge in [-0.25, -0.2) is 0 Å². The van der Waals surface area contributed by atoms with E-state index in [9.17, 15) is 0 Å². The molecule has 1 aromatic rings. The fourth-order valence-corrected chi connectivity index (χ4v) is 0.430. The van der Waals surface area contributed by atoms with Gasteiger partial charge in [-0.15, -0.1) is 12.1 Å². The molecule has 1 heterocycles. The van der Waals surface area contributed by atoms with Crippen molar-refractivity contribution in [2.75, 3.05) is 7.11 Å². The van der Waals surface area contributed by atoms with Crippen molar-refractivity contribution in [2.45, 2.75) is 0 Å². The van der Waals surface area contributed by atoms with E-state index >= 15 is 0 Å². The molecule has 42 valence electrons. The predicted molar refractivity (Wildman–Crippen MR) is 29.6 cm³/mol. The summed E-state index contributed by atoms with van der Waals surface area (Å²) in [5.41, 5.74) is 0. The predicted octanol–water partition coefficient (Wildman–Crippen LogP) is -2.11. The number of aromatic nitrogens is 1. The largest absolute Gasteiger partial charge is 1.00 e. The first-order valence-electron chi connectivity index (χ1n) is 2.29. The summed E-state index contributed by atoms with van der Waals surface area (Å²) in [5, 5.41) is 0. The van der Waals surface area contributed by atoms with Crippen LogP contribution in [0.1, 0.15) is 0 Å². The molecule has 0 radical (unpaired) electrons. The smallest absolute Gasteiger partial charge is 0.554 e. The minimum atomic E-state index is 0. The van der Waals surface area contributed by atoms with Gasteiger partial charge >= 0.3 is 58.2 Å². The molecule has 0 saturated carbocycles. The van der Waals surface area contributed by atoms with Crippen LogP contribution in [0, 0.1) is 6.20 Å². The molecule has 0 N–H and O–H groups in total. The van der Waals surface area contributed by atoms with Gasteiger partial charge in [0.15, 0.2) is 0 Å². The van der Waals surface area contributed by atoms with E-state index in [4.69, 9.17) is 4.74 Å². The van der Waals surface area contributed by atoms with Crippen LogP contribution in [-0.2, 0) is 0 Å². The Hall–Kier alpha value is 0.755. The van der Waals surface area contributed by atoms with Crippen molar-refractivity contribution in [3.63, 3.8) is 0 Å². The molecule has 1 aromatic heterocycles. The van der Waals surface area contributed by atoms with Crippen LogP contribution in [0.3, 0.4) is 0 Å². The molecule has 0 bridgehead atoms. The summed E-state index contributed by atoms with van der Waals surface area (Å²) in [7, 11) is 1.61. The Morgan fingerprint density at radius 3 is 2.78 bits per heavy atom. The fourth-order valence-electron chi connectivity index (χ4n) is 0.430. The van der Waals surface area contributed by atoms with E-state index in [0.29, 0.717) is 0 Å². The third-order valence-electron chi connectivity index (χ3n) is 0.830. The Balaban J connectivity index is 0.000000640. The normalized spacial score (nSPS) is 7.67. The van der Waals surface area contributed by atoms with E-state index in [-0.39, 0.29) is 58.2 Å². The summed E-state index contributed by atoms with van der Waals surface area (Å²) in [6, 6.07) is 3.45. The first kappa shape index (κ1) is 9.76. The molecule has 0 aliphatic rings. The minimum absolute atomic E-state index is 0. The Morgan fingerprint density at radius 1 is 1.67 bits per heavy atom. The molecule has 0 spiro atoms. The number of ether oxygens (including phenoxy) is 1. The topological polar surface area (TPSA) is 22.1 Å². The minimum Gasteiger partial charge on any atom is -0.554 e. The standard InChI is InChI=1S/C6H6NO.Rb/c1-8-6-2-4-7-5-3-6;/h2-4H,1H3;/q-1;+1. The van der Waals surface area contributed by atoms with Crippen LogP contribution in [0.4, 0.5) is 0 Å². The molecule has 2 nitrogen and oxygen atoms in total. The van der Waals surface area contributed by atoms with Gasteiger partial charge in [0.2, 0.25) is 0 Å². The van der Waals surface area contributed by atoms with Crippen molar-refractivity contribution in [2.24, 2.45) is 0 Å². The Kier molecular flexibility index (Phi) is 6.00. The molecular weight excluding hydrogens is 188 g/mol. The van der Waals surface area contributed by atoms with Crippen LogP contribution >= 0.6 is 0 Å². The second-order valence-electron chi connectivity index (χ2n) is 1.32. The number of rotatable bonds is 1. The summed E-state index contributed by atoms with van der Waals surface area (Å²) in [5.74, 6) is 0.792. The van der Waals surface area contributed by atoms with Gasteiger partial charge in [0.25, 0.3) is 0 Å². The number of hydrogen-bond acceptors (Lipinski definition) is 2. The Labute approximate surface area is 103 Å². The molecule has 0 saturated heterocycles. The monoisotopic (exact) mass is 193 g/mol. The van der Waals surface area contributed by atoms with Gasteiger partial charge in [-0.05, 0) is 0 Å². The van der Waals surface area contributed by atoms with E-state index in [2.05, 4.69) is 11.2 Å². The molecule has 0 aliphatic carbocycles. The first-order chi connectivity index (χ1) is 3.93. The summed E-state index contributed by atoms with van der Waals surface area (Å²) in [4.78, 5) is 3.69. The molecule has 0 unspecified atom stereocenters. The van der Waals surface area contributed by atoms with Gasteiger partial charge in [-0.1, -0.05) is 12.4 Å². The van der Waals surface area contributed by atoms with E-state index in [1.807, 2.05) is 0 Å². The van der Waals surface area contributed by atoms with Crippen molar-refractivity contribution in [1.29, 1.82) is 0 Å². The first-order valence-corrected chi connectivity index (χ1v) is 2.29. The van der Waals surface area contributed by atoms with Gasteiger partial charge in [-0.2, -0.15) is 0 Å². The van der Waals surface area contributed by atoms with E-state index in [1.165, 1.54) is 0 Å². The fraction of sp³-hybridized carbons (Fsp3) is 0.167. The molecule has 0 fully saturated rings. The van der Waals surface area contributed by atoms with Crippen molar-refractivity contribution in [3.05, 3.63) is 24.5 Å². The average Bonchev–Trinajstić information content (AvgIpc) is 1.90. The second kappa shape index (κ2) is 5.53. The maximum atomic E-state index is 4.84. The van der Waals surface area contributed by atoms with Crippen molar-refractivity contribution in [1.82, 2.24) is 4.98 Å². The van der Waals surface area contributed by atoms with Crippen molar-refractivity contribution >= 4 is 0 Å². The van der Waals surface area contributed by atoms with Gasteiger partial charge in [-0.3, -0.25) is 0 Å². The maximum Gasteiger partial charge on any atom is 1.00 e. The number of nitrogens with zero attached hydrogens (tertiary/aromatic N) is 1. The third-order valence-corrected chi connectivity index (χ3v) is 0.830. The molecular formula is C6H6NORb. The number of hydrogen-bond donors (Lipinski definition) is 0. The van der Waals surface area contributed by atoms with Gasteiger partial charge in [0, 0.05) is 5.75 Å². The van der Waals surface area contributed by atoms with Crippen LogP contribution < -0.4 is 62.9 Å². The summed E-state index contributed by atoms with van der Waals surface area (Å²) < 4.78 is 4.84. The summed E-state index contributed by atoms with van der Waals surface area (Å²) in [6.45, 7) is 0. The van der Waals surface area contributed by atoms with E-state index < -0.39 is 0 Å². The summed E-state index contributed by atoms with van der Waals surface area (Å²) >= 11 is 0. The van der Waals surface area contributed by atoms with Crippen LogP contribution in [0.5, 0.6) is 5.75 Å². The van der Waals surface area contributed by atoms with E-state index in [0.717, 1.165) is 5.75 Å². The van der Waals surface area contributed by atoms with Crippen LogP contribution in [0.25, 0.3) is 0 Å². The number of methoxy groups -OCH3 is 1. The average molecular weight is 194 g/mol. The zero-order valence-electron chi connectivity index (χ0n) is 5.59. The quantitative estimate of drug-likeness (QED) is 0.477. The zero-order chi connectivity index (χ0) is 5.82. The van der Waals surface area contributed by atoms with Gasteiger partial charge in [0.05, 0.1) is 7.11 Å². The summed E-state index contributed by atoms with van der Waals surface area (Å²) in [6.07, 6.45) is 4.27. The molecule has 0 atom stereocenters. The van der Waals surface area contributed by atoms with Crippen molar-refractivity contribution in [3.8, 4) is 5.75 Å². The second-order valence-corrected chi connectivity index (χ2v) is 1.32.